The fraction of sp³-hybridized carbons (Fsp3) is 0.300. The van der Waals surface area contributed by atoms with Crippen LogP contribution in [0.1, 0.15) is 41.6 Å². The molecule has 2 aromatic carbocycles. The van der Waals surface area contributed by atoms with Crippen molar-refractivity contribution < 1.29 is 18.7 Å². The van der Waals surface area contributed by atoms with Crippen LogP contribution in [0.25, 0.3) is 0 Å². The third-order valence-corrected chi connectivity index (χ3v) is 5.36. The molecule has 0 N–H and O–H groups in total. The van der Waals surface area contributed by atoms with Crippen molar-refractivity contribution in [3.05, 3.63) is 69.5 Å². The minimum absolute atomic E-state index is 0.215. The Morgan fingerprint density at radius 2 is 1.69 bits per heavy atom. The van der Waals surface area contributed by atoms with Gasteiger partial charge >= 0.3 is 5.97 Å². The summed E-state index contributed by atoms with van der Waals surface area (Å²) in [5.74, 6) is -1.21. The maximum Gasteiger partial charge on any atom is 0.317 e. The summed E-state index contributed by atoms with van der Waals surface area (Å²) in [7, 11) is 0. The number of hydrogen-bond acceptors (Lipinski definition) is 3. The van der Waals surface area contributed by atoms with E-state index < -0.39 is 23.8 Å². The Bertz CT molecular complexity index is 827. The first-order valence-corrected chi connectivity index (χ1v) is 9.09. The molecule has 6 heteroatoms. The maximum atomic E-state index is 13.2. The van der Waals surface area contributed by atoms with Crippen LogP contribution in [0.15, 0.2) is 42.5 Å². The predicted molar refractivity (Wildman–Crippen MR) is 98.3 cm³/mol. The predicted octanol–water partition coefficient (Wildman–Crippen LogP) is 5.37. The molecule has 0 radical (unpaired) electrons. The molecule has 0 aromatic heterocycles. The van der Waals surface area contributed by atoms with E-state index in [1.54, 1.807) is 18.2 Å². The highest BCUT2D eigenvalue weighted by Gasteiger charge is 2.44. The van der Waals surface area contributed by atoms with Gasteiger partial charge in [-0.2, -0.15) is 0 Å². The molecule has 0 spiro atoms. The molecule has 0 aliphatic heterocycles. The molecule has 0 bridgehead atoms. The van der Waals surface area contributed by atoms with Crippen molar-refractivity contribution in [1.82, 2.24) is 0 Å². The van der Waals surface area contributed by atoms with Crippen LogP contribution in [0.2, 0.25) is 10.0 Å². The van der Waals surface area contributed by atoms with Crippen LogP contribution in [-0.2, 0) is 14.9 Å². The van der Waals surface area contributed by atoms with Gasteiger partial charge in [-0.3, -0.25) is 9.59 Å². The minimum atomic E-state index is -0.822. The van der Waals surface area contributed by atoms with Crippen LogP contribution in [0.3, 0.4) is 0 Å². The number of halogens is 3. The summed E-state index contributed by atoms with van der Waals surface area (Å²) in [6, 6.07) is 10.4. The lowest BCUT2D eigenvalue weighted by molar-refractivity contribution is -0.149. The van der Waals surface area contributed by atoms with Gasteiger partial charge in [-0.15, -0.1) is 0 Å². The number of Topliss-reactive ketones (excluding diaryl/α,β-unsaturated/α-hetero) is 1. The number of hydrogen-bond donors (Lipinski definition) is 0. The molecular weight excluding hydrogens is 378 g/mol. The van der Waals surface area contributed by atoms with Gasteiger partial charge < -0.3 is 4.74 Å². The Hall–Kier alpha value is -1.91. The van der Waals surface area contributed by atoms with E-state index in [1.165, 1.54) is 24.3 Å². The SMILES string of the molecule is O=C(COC(=O)C1(c2ccc(F)cc2)CCCC1)c1ccc(Cl)cc1Cl. The second-order valence-electron chi connectivity index (χ2n) is 6.42. The number of carbonyl (C=O) groups is 2. The molecule has 0 amide bonds. The summed E-state index contributed by atoms with van der Waals surface area (Å²) < 4.78 is 18.6. The first-order valence-electron chi connectivity index (χ1n) is 8.34. The molecule has 2 aromatic rings. The van der Waals surface area contributed by atoms with Crippen molar-refractivity contribution in [1.29, 1.82) is 0 Å². The zero-order valence-electron chi connectivity index (χ0n) is 13.9. The van der Waals surface area contributed by atoms with Crippen molar-refractivity contribution in [3.63, 3.8) is 0 Å². The zero-order valence-corrected chi connectivity index (χ0v) is 15.4. The second kappa shape index (κ2) is 7.77. The van der Waals surface area contributed by atoms with E-state index in [1.807, 2.05) is 0 Å². The number of benzene rings is 2. The fourth-order valence-electron chi connectivity index (χ4n) is 3.42. The van der Waals surface area contributed by atoms with Gasteiger partial charge in [0.15, 0.2) is 6.61 Å². The quantitative estimate of drug-likeness (QED) is 0.505. The van der Waals surface area contributed by atoms with Crippen LogP contribution in [0.4, 0.5) is 4.39 Å². The zero-order chi connectivity index (χ0) is 18.7. The number of ether oxygens (including phenoxy) is 1. The van der Waals surface area contributed by atoms with Gasteiger partial charge in [0.05, 0.1) is 10.4 Å². The smallest absolute Gasteiger partial charge is 0.317 e. The fourth-order valence-corrected chi connectivity index (χ4v) is 3.93. The highest BCUT2D eigenvalue weighted by molar-refractivity contribution is 6.36. The van der Waals surface area contributed by atoms with Crippen LogP contribution >= 0.6 is 23.2 Å². The number of carbonyl (C=O) groups excluding carboxylic acids is 2. The van der Waals surface area contributed by atoms with E-state index in [0.717, 1.165) is 18.4 Å². The van der Waals surface area contributed by atoms with E-state index >= 15 is 0 Å². The van der Waals surface area contributed by atoms with Crippen LogP contribution in [0.5, 0.6) is 0 Å². The second-order valence-corrected chi connectivity index (χ2v) is 7.26. The van der Waals surface area contributed by atoms with E-state index in [2.05, 4.69) is 0 Å². The minimum Gasteiger partial charge on any atom is -0.457 e. The van der Waals surface area contributed by atoms with Crippen molar-refractivity contribution in [3.8, 4) is 0 Å². The third-order valence-electron chi connectivity index (χ3n) is 4.81. The number of ketones is 1. The third kappa shape index (κ3) is 3.76. The molecule has 136 valence electrons. The Labute approximate surface area is 161 Å². The van der Waals surface area contributed by atoms with Crippen molar-refractivity contribution in [2.24, 2.45) is 0 Å². The number of rotatable bonds is 5. The van der Waals surface area contributed by atoms with Gasteiger partial charge in [0.2, 0.25) is 5.78 Å². The summed E-state index contributed by atoms with van der Waals surface area (Å²) in [6.07, 6.45) is 2.99. The molecule has 0 heterocycles. The van der Waals surface area contributed by atoms with E-state index in [0.29, 0.717) is 17.9 Å². The lowest BCUT2D eigenvalue weighted by Gasteiger charge is -2.27. The summed E-state index contributed by atoms with van der Waals surface area (Å²) in [6.45, 7) is -0.400. The molecule has 0 saturated heterocycles. The highest BCUT2D eigenvalue weighted by Crippen LogP contribution is 2.42. The molecule has 1 aliphatic rings. The van der Waals surface area contributed by atoms with Gasteiger partial charge in [0, 0.05) is 10.6 Å². The van der Waals surface area contributed by atoms with Crippen molar-refractivity contribution in [2.45, 2.75) is 31.1 Å². The Morgan fingerprint density at radius 1 is 1.04 bits per heavy atom. The largest absolute Gasteiger partial charge is 0.457 e. The van der Waals surface area contributed by atoms with Crippen LogP contribution < -0.4 is 0 Å². The Kier molecular flexibility index (Phi) is 5.64. The molecule has 1 saturated carbocycles. The van der Waals surface area contributed by atoms with Gasteiger partial charge in [-0.1, -0.05) is 48.2 Å². The van der Waals surface area contributed by atoms with Crippen LogP contribution in [-0.4, -0.2) is 18.4 Å². The summed E-state index contributed by atoms with van der Waals surface area (Å²) in [5, 5.41) is 0.637. The van der Waals surface area contributed by atoms with Gasteiger partial charge in [-0.05, 0) is 48.7 Å². The van der Waals surface area contributed by atoms with Gasteiger partial charge in [-0.25, -0.2) is 4.39 Å². The normalized spacial score (nSPS) is 15.7. The molecule has 0 unspecified atom stereocenters. The average Bonchev–Trinajstić information content (AvgIpc) is 3.11. The molecule has 26 heavy (non-hydrogen) atoms. The Balaban J connectivity index is 1.75. The first kappa shape index (κ1) is 18.9. The highest BCUT2D eigenvalue weighted by atomic mass is 35.5. The summed E-state index contributed by atoms with van der Waals surface area (Å²) in [4.78, 5) is 25.1. The first-order chi connectivity index (χ1) is 12.4. The topological polar surface area (TPSA) is 43.4 Å². The van der Waals surface area contributed by atoms with Crippen molar-refractivity contribution >= 4 is 35.0 Å². The van der Waals surface area contributed by atoms with Crippen molar-refractivity contribution in [2.75, 3.05) is 6.61 Å². The maximum absolute atomic E-state index is 13.2. The average molecular weight is 395 g/mol. The molecule has 1 aliphatic carbocycles. The molecule has 3 rings (SSSR count). The summed E-state index contributed by atoms with van der Waals surface area (Å²) in [5.41, 5.74) is 0.155. The van der Waals surface area contributed by atoms with Crippen LogP contribution in [0, 0.1) is 5.82 Å². The molecule has 1 fully saturated rings. The Morgan fingerprint density at radius 3 is 2.31 bits per heavy atom. The lowest BCUT2D eigenvalue weighted by atomic mass is 9.79. The molecular formula is C20H17Cl2FO3. The van der Waals surface area contributed by atoms with E-state index in [-0.39, 0.29) is 16.4 Å². The van der Waals surface area contributed by atoms with Gasteiger partial charge in [0.25, 0.3) is 0 Å². The van der Waals surface area contributed by atoms with Gasteiger partial charge in [0.1, 0.15) is 5.82 Å². The summed E-state index contributed by atoms with van der Waals surface area (Å²) >= 11 is 11.8. The molecule has 3 nitrogen and oxygen atoms in total. The van der Waals surface area contributed by atoms with E-state index in [4.69, 9.17) is 27.9 Å². The number of esters is 1. The lowest BCUT2D eigenvalue weighted by Crippen LogP contribution is -2.35. The van der Waals surface area contributed by atoms with E-state index in [9.17, 15) is 14.0 Å². The molecule has 0 atom stereocenters. The monoisotopic (exact) mass is 394 g/mol. The standard InChI is InChI=1S/C20H17Cl2FO3/c21-14-5-8-16(17(22)11-14)18(24)12-26-19(25)20(9-1-2-10-20)13-3-6-15(23)7-4-13/h3-8,11H,1-2,9-10,12H2.